The molecule has 176 valence electrons. The summed E-state index contributed by atoms with van der Waals surface area (Å²) in [6, 6.07) is 15.0. The van der Waals surface area contributed by atoms with Gasteiger partial charge in [0.1, 0.15) is 12.6 Å². The zero-order valence-corrected chi connectivity index (χ0v) is 18.7. The molecule has 0 radical (unpaired) electrons. The van der Waals surface area contributed by atoms with Gasteiger partial charge in [0.05, 0.1) is 6.54 Å². The first-order chi connectivity index (χ1) is 15.8. The minimum absolute atomic E-state index is 0.108. The molecule has 2 atom stereocenters. The summed E-state index contributed by atoms with van der Waals surface area (Å²) in [6.07, 6.45) is -2.18. The number of carbonyl (C=O) groups excluding carboxylic acids is 2. The van der Waals surface area contributed by atoms with E-state index in [2.05, 4.69) is 10.6 Å². The molecule has 9 nitrogen and oxygen atoms in total. The Hall–Kier alpha value is -3.43. The number of hydrogen-bond donors (Lipinski definition) is 4. The molecule has 2 amide bonds. The number of ether oxygens (including phenoxy) is 1. The summed E-state index contributed by atoms with van der Waals surface area (Å²) < 4.78 is 5.50. The van der Waals surface area contributed by atoms with Crippen LogP contribution in [0.25, 0.3) is 11.1 Å². The molecule has 33 heavy (non-hydrogen) atoms. The molecule has 2 aromatic rings. The first-order valence-corrected chi connectivity index (χ1v) is 10.7. The maximum Gasteiger partial charge on any atom is 0.407 e. The highest BCUT2D eigenvalue weighted by molar-refractivity contribution is 5.86. The molecule has 3 rings (SSSR count). The fraction of sp³-hybridized carbons (Fsp3) is 0.375. The predicted octanol–water partition coefficient (Wildman–Crippen LogP) is 1.41. The maximum absolute atomic E-state index is 12.6. The van der Waals surface area contributed by atoms with Crippen molar-refractivity contribution >= 4 is 18.0 Å². The van der Waals surface area contributed by atoms with Gasteiger partial charge in [-0.1, -0.05) is 48.5 Å². The second-order valence-electron chi connectivity index (χ2n) is 8.21. The van der Waals surface area contributed by atoms with Gasteiger partial charge in [0.15, 0.2) is 6.10 Å². The van der Waals surface area contributed by atoms with Crippen molar-refractivity contribution in [2.24, 2.45) is 0 Å². The number of carboxylic acids is 1. The van der Waals surface area contributed by atoms with Crippen LogP contribution in [0.5, 0.6) is 0 Å². The number of carboxylic acid groups (broad SMARTS) is 1. The van der Waals surface area contributed by atoms with Crippen LogP contribution >= 0.6 is 0 Å². The lowest BCUT2D eigenvalue weighted by Crippen LogP contribution is -2.50. The average molecular weight is 456 g/mol. The van der Waals surface area contributed by atoms with Gasteiger partial charge in [-0.2, -0.15) is 0 Å². The number of benzene rings is 2. The Morgan fingerprint density at radius 2 is 1.61 bits per heavy atom. The van der Waals surface area contributed by atoms with Crippen molar-refractivity contribution in [2.45, 2.75) is 24.5 Å². The molecule has 0 fully saturated rings. The standard InChI is InChI=1S/C24H29N3O6/c1-27(2)12-11-20(22(29)25-13-21(28)23(30)31)26-24(32)33-14-19-17-9-5-3-7-15(17)16-8-4-6-10-18(16)19/h3-10,19-21,28H,11-14H2,1-2H3,(H,25,29)(H,26,32)(H,30,31). The Bertz CT molecular complexity index is 964. The number of fused-ring (bicyclic) bond motifs is 3. The second kappa shape index (κ2) is 10.9. The fourth-order valence-electron chi connectivity index (χ4n) is 3.85. The minimum Gasteiger partial charge on any atom is -0.479 e. The van der Waals surface area contributed by atoms with Crippen LogP contribution < -0.4 is 10.6 Å². The molecule has 0 saturated heterocycles. The number of hydrogen-bond acceptors (Lipinski definition) is 6. The summed E-state index contributed by atoms with van der Waals surface area (Å²) in [4.78, 5) is 37.7. The van der Waals surface area contributed by atoms with E-state index in [0.29, 0.717) is 6.54 Å². The van der Waals surface area contributed by atoms with Crippen LogP contribution in [0, 0.1) is 0 Å². The summed E-state index contributed by atoms with van der Waals surface area (Å²) in [5.74, 6) is -2.14. The molecule has 1 aliphatic carbocycles. The third kappa shape index (κ3) is 6.09. The molecule has 0 aliphatic heterocycles. The van der Waals surface area contributed by atoms with E-state index in [1.165, 1.54) is 0 Å². The topological polar surface area (TPSA) is 128 Å². The lowest BCUT2D eigenvalue weighted by atomic mass is 9.98. The molecule has 1 aliphatic rings. The monoisotopic (exact) mass is 455 g/mol. The summed E-state index contributed by atoms with van der Waals surface area (Å²) >= 11 is 0. The van der Waals surface area contributed by atoms with Gasteiger partial charge in [0.25, 0.3) is 0 Å². The molecule has 2 aromatic carbocycles. The summed E-state index contributed by atoms with van der Waals surface area (Å²) in [6.45, 7) is 0.155. The molecule has 4 N–H and O–H groups in total. The average Bonchev–Trinajstić information content (AvgIpc) is 3.12. The van der Waals surface area contributed by atoms with E-state index in [9.17, 15) is 19.5 Å². The number of aliphatic carboxylic acids is 1. The van der Waals surface area contributed by atoms with Crippen molar-refractivity contribution in [3.05, 3.63) is 59.7 Å². The van der Waals surface area contributed by atoms with Crippen LogP contribution in [-0.4, -0.2) is 79.0 Å². The Kier molecular flexibility index (Phi) is 8.02. The Morgan fingerprint density at radius 1 is 1.03 bits per heavy atom. The predicted molar refractivity (Wildman–Crippen MR) is 122 cm³/mol. The van der Waals surface area contributed by atoms with Crippen LogP contribution in [-0.2, 0) is 14.3 Å². The maximum atomic E-state index is 12.6. The summed E-state index contributed by atoms with van der Waals surface area (Å²) in [5, 5.41) is 23.1. The van der Waals surface area contributed by atoms with E-state index < -0.39 is 36.7 Å². The quantitative estimate of drug-likeness (QED) is 0.426. The number of nitrogens with zero attached hydrogens (tertiary/aromatic N) is 1. The highest BCUT2D eigenvalue weighted by Crippen LogP contribution is 2.44. The van der Waals surface area contributed by atoms with Crippen LogP contribution in [0.3, 0.4) is 0 Å². The van der Waals surface area contributed by atoms with Crippen molar-refractivity contribution in [3.63, 3.8) is 0 Å². The number of amides is 2. The van der Waals surface area contributed by atoms with Gasteiger partial charge >= 0.3 is 12.1 Å². The zero-order chi connectivity index (χ0) is 24.0. The smallest absolute Gasteiger partial charge is 0.407 e. The van der Waals surface area contributed by atoms with Crippen molar-refractivity contribution in [1.82, 2.24) is 15.5 Å². The largest absolute Gasteiger partial charge is 0.479 e. The lowest BCUT2D eigenvalue weighted by molar-refractivity contribution is -0.146. The zero-order valence-electron chi connectivity index (χ0n) is 18.7. The van der Waals surface area contributed by atoms with Gasteiger partial charge in [-0.05, 0) is 49.3 Å². The highest BCUT2D eigenvalue weighted by atomic mass is 16.5. The number of aliphatic hydroxyl groups is 1. The third-order valence-corrected chi connectivity index (χ3v) is 5.57. The van der Waals surface area contributed by atoms with Gasteiger partial charge < -0.3 is 30.5 Å². The van der Waals surface area contributed by atoms with E-state index in [0.717, 1.165) is 22.3 Å². The van der Waals surface area contributed by atoms with Gasteiger partial charge in [-0.15, -0.1) is 0 Å². The fourth-order valence-corrected chi connectivity index (χ4v) is 3.85. The summed E-state index contributed by atoms with van der Waals surface area (Å²) in [7, 11) is 3.66. The van der Waals surface area contributed by atoms with E-state index >= 15 is 0 Å². The van der Waals surface area contributed by atoms with Gasteiger partial charge in [-0.25, -0.2) is 9.59 Å². The molecule has 2 unspecified atom stereocenters. The molecular weight excluding hydrogens is 426 g/mol. The summed E-state index contributed by atoms with van der Waals surface area (Å²) in [5.41, 5.74) is 4.39. The van der Waals surface area contributed by atoms with Crippen LogP contribution in [0.4, 0.5) is 4.79 Å². The van der Waals surface area contributed by atoms with Gasteiger partial charge in [0, 0.05) is 5.92 Å². The van der Waals surface area contributed by atoms with E-state index in [-0.39, 0.29) is 18.9 Å². The minimum atomic E-state index is -1.72. The van der Waals surface area contributed by atoms with E-state index in [1.807, 2.05) is 67.5 Å². The molecule has 0 bridgehead atoms. The molecule has 0 spiro atoms. The number of aliphatic hydroxyl groups excluding tert-OH is 1. The van der Waals surface area contributed by atoms with Crippen LogP contribution in [0.2, 0.25) is 0 Å². The van der Waals surface area contributed by atoms with Crippen LogP contribution in [0.1, 0.15) is 23.5 Å². The van der Waals surface area contributed by atoms with E-state index in [4.69, 9.17) is 9.84 Å². The second-order valence-corrected chi connectivity index (χ2v) is 8.21. The van der Waals surface area contributed by atoms with Crippen molar-refractivity contribution in [2.75, 3.05) is 33.8 Å². The van der Waals surface area contributed by atoms with Crippen molar-refractivity contribution in [1.29, 1.82) is 0 Å². The normalized spacial score (nSPS) is 14.2. The number of rotatable bonds is 10. The lowest BCUT2D eigenvalue weighted by Gasteiger charge is -2.21. The van der Waals surface area contributed by atoms with E-state index in [1.54, 1.807) is 0 Å². The molecule has 0 saturated carbocycles. The Labute approximate surface area is 192 Å². The van der Waals surface area contributed by atoms with Crippen molar-refractivity contribution in [3.8, 4) is 11.1 Å². The first kappa shape index (κ1) is 24.2. The van der Waals surface area contributed by atoms with Crippen molar-refractivity contribution < 1.29 is 29.3 Å². The molecule has 0 heterocycles. The SMILES string of the molecule is CN(C)CCC(NC(=O)OCC1c2ccccc2-c2ccccc21)C(=O)NCC(O)C(=O)O. The third-order valence-electron chi connectivity index (χ3n) is 5.57. The van der Waals surface area contributed by atoms with Gasteiger partial charge in [-0.3, -0.25) is 4.79 Å². The first-order valence-electron chi connectivity index (χ1n) is 10.7. The Morgan fingerprint density at radius 3 is 2.15 bits per heavy atom. The molecule has 9 heteroatoms. The number of nitrogens with one attached hydrogen (secondary N) is 2. The molecule has 0 aromatic heterocycles. The molecular formula is C24H29N3O6. The Balaban J connectivity index is 1.63. The highest BCUT2D eigenvalue weighted by Gasteiger charge is 2.30. The number of alkyl carbamates (subject to hydrolysis) is 1. The number of carbonyl (C=O) groups is 3. The van der Waals surface area contributed by atoms with Crippen LogP contribution in [0.15, 0.2) is 48.5 Å². The van der Waals surface area contributed by atoms with Gasteiger partial charge in [0.2, 0.25) is 5.91 Å².